The number of ether oxygens (including phenoxy) is 1. The van der Waals surface area contributed by atoms with Crippen LogP contribution in [0, 0.1) is 0 Å². The first-order valence-corrected chi connectivity index (χ1v) is 9.94. The van der Waals surface area contributed by atoms with E-state index in [2.05, 4.69) is 15.5 Å². The second-order valence-corrected chi connectivity index (χ2v) is 7.21. The number of rotatable bonds is 7. The lowest BCUT2D eigenvalue weighted by Crippen LogP contribution is -2.31. The lowest BCUT2D eigenvalue weighted by molar-refractivity contribution is 0.0638. The average Bonchev–Trinajstić information content (AvgIpc) is 3.04. The summed E-state index contributed by atoms with van der Waals surface area (Å²) < 4.78 is 4.98. The van der Waals surface area contributed by atoms with Crippen LogP contribution in [0.25, 0.3) is 11.3 Å². The van der Waals surface area contributed by atoms with Crippen LogP contribution in [0.15, 0.2) is 59.4 Å². The minimum absolute atomic E-state index is 0.214. The molecule has 2 heterocycles. The van der Waals surface area contributed by atoms with Crippen molar-refractivity contribution in [3.8, 4) is 11.3 Å². The van der Waals surface area contributed by atoms with Gasteiger partial charge in [-0.3, -0.25) is 24.1 Å². The molecule has 9 nitrogen and oxygen atoms in total. The Morgan fingerprint density at radius 1 is 1.03 bits per heavy atom. The van der Waals surface area contributed by atoms with Crippen LogP contribution in [-0.4, -0.2) is 53.1 Å². The number of imide groups is 1. The average molecular weight is 432 g/mol. The molecule has 2 N–H and O–H groups in total. The van der Waals surface area contributed by atoms with Crippen LogP contribution in [0.5, 0.6) is 0 Å². The highest BCUT2D eigenvalue weighted by molar-refractivity contribution is 6.22. The molecule has 0 aliphatic carbocycles. The van der Waals surface area contributed by atoms with Crippen molar-refractivity contribution in [1.29, 1.82) is 0 Å². The summed E-state index contributed by atoms with van der Waals surface area (Å²) >= 11 is 0. The predicted octanol–water partition coefficient (Wildman–Crippen LogP) is 2.32. The van der Waals surface area contributed by atoms with E-state index in [0.717, 1.165) is 0 Å². The lowest BCUT2D eigenvalue weighted by atomic mass is 10.0. The zero-order valence-electron chi connectivity index (χ0n) is 17.3. The molecule has 0 saturated carbocycles. The molecular formula is C23H20N4O5. The van der Waals surface area contributed by atoms with Crippen molar-refractivity contribution in [2.24, 2.45) is 0 Å². The predicted molar refractivity (Wildman–Crippen MR) is 117 cm³/mol. The van der Waals surface area contributed by atoms with Crippen LogP contribution < -0.4 is 10.9 Å². The van der Waals surface area contributed by atoms with Crippen LogP contribution in [-0.2, 0) is 4.74 Å². The zero-order valence-corrected chi connectivity index (χ0v) is 17.3. The Kier molecular flexibility index (Phi) is 5.91. The van der Waals surface area contributed by atoms with E-state index in [-0.39, 0.29) is 34.7 Å². The number of H-pyrrole nitrogens is 1. The highest BCUT2D eigenvalue weighted by Gasteiger charge is 2.35. The smallest absolute Gasteiger partial charge is 0.264 e. The molecule has 0 radical (unpaired) electrons. The van der Waals surface area contributed by atoms with Gasteiger partial charge >= 0.3 is 0 Å². The molecule has 0 spiro atoms. The third kappa shape index (κ3) is 4.19. The van der Waals surface area contributed by atoms with Crippen LogP contribution >= 0.6 is 0 Å². The summed E-state index contributed by atoms with van der Waals surface area (Å²) in [5.41, 5.74) is 2.23. The Bertz CT molecular complexity index is 1250. The SMILES string of the molecule is COCCCN1C(=O)c2ccc(C(=O)Nc3cccc(-c4ccc(=O)[nH]n4)c3)cc2C1=O. The molecule has 3 aromatic rings. The molecular weight excluding hydrogens is 412 g/mol. The third-order valence-corrected chi connectivity index (χ3v) is 5.06. The van der Waals surface area contributed by atoms with E-state index in [0.29, 0.717) is 30.0 Å². The minimum Gasteiger partial charge on any atom is -0.385 e. The molecule has 3 amide bonds. The largest absolute Gasteiger partial charge is 0.385 e. The fourth-order valence-electron chi connectivity index (χ4n) is 3.47. The molecule has 2 aromatic carbocycles. The van der Waals surface area contributed by atoms with E-state index < -0.39 is 11.8 Å². The summed E-state index contributed by atoms with van der Waals surface area (Å²) in [4.78, 5) is 50.3. The van der Waals surface area contributed by atoms with Gasteiger partial charge in [0.2, 0.25) is 0 Å². The first-order valence-electron chi connectivity index (χ1n) is 9.94. The Morgan fingerprint density at radius 3 is 2.59 bits per heavy atom. The topological polar surface area (TPSA) is 121 Å². The number of aromatic nitrogens is 2. The summed E-state index contributed by atoms with van der Waals surface area (Å²) in [5.74, 6) is -1.20. The molecule has 0 saturated heterocycles. The number of methoxy groups -OCH3 is 1. The molecule has 0 fully saturated rings. The van der Waals surface area contributed by atoms with Crippen LogP contribution in [0.1, 0.15) is 37.5 Å². The van der Waals surface area contributed by atoms with Crippen molar-refractivity contribution in [2.45, 2.75) is 6.42 Å². The van der Waals surface area contributed by atoms with Crippen molar-refractivity contribution >= 4 is 23.4 Å². The Hall–Kier alpha value is -4.11. The van der Waals surface area contributed by atoms with Crippen molar-refractivity contribution in [1.82, 2.24) is 15.1 Å². The Morgan fingerprint density at radius 2 is 1.84 bits per heavy atom. The lowest BCUT2D eigenvalue weighted by Gasteiger charge is -2.12. The first kappa shape index (κ1) is 21.1. The number of benzene rings is 2. The summed E-state index contributed by atoms with van der Waals surface area (Å²) in [6.45, 7) is 0.696. The van der Waals surface area contributed by atoms with Crippen molar-refractivity contribution in [3.05, 3.63) is 81.6 Å². The maximum Gasteiger partial charge on any atom is 0.264 e. The van der Waals surface area contributed by atoms with Gasteiger partial charge in [0.25, 0.3) is 23.3 Å². The number of fused-ring (bicyclic) bond motifs is 1. The van der Waals surface area contributed by atoms with Gasteiger partial charge in [0.1, 0.15) is 0 Å². The van der Waals surface area contributed by atoms with Crippen LogP contribution in [0.4, 0.5) is 5.69 Å². The molecule has 1 aliphatic rings. The number of anilines is 1. The third-order valence-electron chi connectivity index (χ3n) is 5.06. The van der Waals surface area contributed by atoms with Crippen LogP contribution in [0.2, 0.25) is 0 Å². The van der Waals surface area contributed by atoms with E-state index in [9.17, 15) is 19.2 Å². The quantitative estimate of drug-likeness (QED) is 0.437. The number of nitrogens with zero attached hydrogens (tertiary/aromatic N) is 2. The second-order valence-electron chi connectivity index (χ2n) is 7.21. The number of hydrogen-bond donors (Lipinski definition) is 2. The molecule has 4 rings (SSSR count). The van der Waals surface area contributed by atoms with Gasteiger partial charge in [-0.15, -0.1) is 0 Å². The molecule has 0 unspecified atom stereocenters. The van der Waals surface area contributed by atoms with Crippen molar-refractivity contribution in [2.75, 3.05) is 25.6 Å². The van der Waals surface area contributed by atoms with E-state index in [4.69, 9.17) is 4.74 Å². The van der Waals surface area contributed by atoms with E-state index in [1.54, 1.807) is 37.4 Å². The number of carbonyl (C=O) groups is 3. The maximum absolute atomic E-state index is 12.8. The molecule has 0 atom stereocenters. The highest BCUT2D eigenvalue weighted by Crippen LogP contribution is 2.25. The van der Waals surface area contributed by atoms with Gasteiger partial charge in [-0.2, -0.15) is 5.10 Å². The van der Waals surface area contributed by atoms with Crippen LogP contribution in [0.3, 0.4) is 0 Å². The molecule has 0 bridgehead atoms. The minimum atomic E-state index is -0.419. The van der Waals surface area contributed by atoms with Gasteiger partial charge in [-0.1, -0.05) is 12.1 Å². The summed E-state index contributed by atoms with van der Waals surface area (Å²) in [7, 11) is 1.56. The van der Waals surface area contributed by atoms with Gasteiger partial charge in [0.05, 0.1) is 16.8 Å². The zero-order chi connectivity index (χ0) is 22.7. The van der Waals surface area contributed by atoms with Gasteiger partial charge in [-0.05, 0) is 42.8 Å². The fourth-order valence-corrected chi connectivity index (χ4v) is 3.47. The maximum atomic E-state index is 12.8. The van der Waals surface area contributed by atoms with Crippen molar-refractivity contribution < 1.29 is 19.1 Å². The van der Waals surface area contributed by atoms with Gasteiger partial charge in [-0.25, -0.2) is 5.10 Å². The van der Waals surface area contributed by atoms with E-state index in [1.807, 2.05) is 0 Å². The molecule has 162 valence electrons. The number of amides is 3. The highest BCUT2D eigenvalue weighted by atomic mass is 16.5. The molecule has 1 aliphatic heterocycles. The summed E-state index contributed by atoms with van der Waals surface area (Å²) in [6.07, 6.45) is 0.538. The summed E-state index contributed by atoms with van der Waals surface area (Å²) in [5, 5.41) is 9.14. The van der Waals surface area contributed by atoms with E-state index >= 15 is 0 Å². The number of aromatic amines is 1. The normalized spacial score (nSPS) is 12.7. The van der Waals surface area contributed by atoms with Gasteiger partial charge in [0.15, 0.2) is 0 Å². The monoisotopic (exact) mass is 432 g/mol. The van der Waals surface area contributed by atoms with E-state index in [1.165, 1.54) is 29.2 Å². The van der Waals surface area contributed by atoms with Crippen molar-refractivity contribution in [3.63, 3.8) is 0 Å². The second kappa shape index (κ2) is 8.94. The fraction of sp³-hybridized carbons (Fsp3) is 0.174. The van der Waals surface area contributed by atoms with Gasteiger partial charge in [0, 0.05) is 43.1 Å². The Labute approximate surface area is 183 Å². The molecule has 9 heteroatoms. The molecule has 1 aromatic heterocycles. The van der Waals surface area contributed by atoms with Gasteiger partial charge < -0.3 is 10.1 Å². The Balaban J connectivity index is 1.52. The molecule has 32 heavy (non-hydrogen) atoms. The summed E-state index contributed by atoms with van der Waals surface area (Å²) in [6, 6.07) is 14.4. The standard InChI is InChI=1S/C23H20N4O5/c1-32-11-3-10-27-22(30)17-7-6-15(13-18(17)23(27)31)21(29)24-16-5-2-4-14(12-16)19-8-9-20(28)26-25-19/h2,4-9,12-13H,3,10-11H2,1H3,(H,24,29)(H,26,28). The number of hydrogen-bond acceptors (Lipinski definition) is 6. The number of nitrogens with one attached hydrogen (secondary N) is 2. The first-order chi connectivity index (χ1) is 15.5. The number of carbonyl (C=O) groups excluding carboxylic acids is 3.